The third-order valence-corrected chi connectivity index (χ3v) is 7.59. The van der Waals surface area contributed by atoms with Crippen LogP contribution in [0.2, 0.25) is 0 Å². The number of nitrogens with zero attached hydrogens (tertiary/aromatic N) is 4. The Hall–Kier alpha value is -3.73. The Morgan fingerprint density at radius 3 is 2.18 bits per heavy atom. The van der Waals surface area contributed by atoms with E-state index < -0.39 is 13.1 Å². The van der Waals surface area contributed by atoms with Gasteiger partial charge in [0.15, 0.2) is 0 Å². The van der Waals surface area contributed by atoms with Crippen molar-refractivity contribution in [3.63, 3.8) is 0 Å². The first-order chi connectivity index (χ1) is 18.5. The van der Waals surface area contributed by atoms with Gasteiger partial charge in [-0.05, 0) is 53.9 Å². The summed E-state index contributed by atoms with van der Waals surface area (Å²) in [6, 6.07) is 21.0. The second-order valence-corrected chi connectivity index (χ2v) is 10.3. The second kappa shape index (κ2) is 12.2. The summed E-state index contributed by atoms with van der Waals surface area (Å²) in [6.07, 6.45) is 6.01. The van der Waals surface area contributed by atoms with Crippen LogP contribution < -0.4 is 4.65 Å². The summed E-state index contributed by atoms with van der Waals surface area (Å²) in [5.41, 5.74) is 4.83. The van der Waals surface area contributed by atoms with E-state index in [0.717, 1.165) is 28.2 Å². The minimum absolute atomic E-state index is 0.0740. The first-order valence-corrected chi connectivity index (χ1v) is 13.4. The summed E-state index contributed by atoms with van der Waals surface area (Å²) in [4.78, 5) is 27.4. The maximum Gasteiger partial charge on any atom is 0.536 e. The number of fused-ring (bicyclic) bond motifs is 1. The SMILES string of the molecule is O=C(O)c1cccc2c1OB(O)[C@@H](SCc1ccc(CN(Cc3ccccn3)Cc3ccccn3)nc1)C2. The summed E-state index contributed by atoms with van der Waals surface area (Å²) < 4.78 is 5.61. The minimum atomic E-state index is -1.08. The highest BCUT2D eigenvalue weighted by atomic mass is 32.2. The highest BCUT2D eigenvalue weighted by molar-refractivity contribution is 8.00. The highest BCUT2D eigenvalue weighted by Crippen LogP contribution is 2.35. The third-order valence-electron chi connectivity index (χ3n) is 6.26. The molecule has 192 valence electrons. The van der Waals surface area contributed by atoms with E-state index in [4.69, 9.17) is 9.64 Å². The number of pyridine rings is 3. The number of rotatable bonds is 10. The van der Waals surface area contributed by atoms with Crippen molar-refractivity contribution in [3.8, 4) is 5.75 Å². The van der Waals surface area contributed by atoms with Crippen LogP contribution in [0.15, 0.2) is 85.3 Å². The lowest BCUT2D eigenvalue weighted by Crippen LogP contribution is -2.40. The summed E-state index contributed by atoms with van der Waals surface area (Å²) in [5, 5.41) is 19.7. The largest absolute Gasteiger partial charge is 0.536 e. The van der Waals surface area contributed by atoms with Gasteiger partial charge in [0, 0.05) is 44.0 Å². The van der Waals surface area contributed by atoms with Crippen molar-refractivity contribution < 1.29 is 19.6 Å². The van der Waals surface area contributed by atoms with Gasteiger partial charge in [-0.15, -0.1) is 0 Å². The second-order valence-electron chi connectivity index (χ2n) is 9.11. The van der Waals surface area contributed by atoms with Gasteiger partial charge in [-0.1, -0.05) is 30.3 Å². The van der Waals surface area contributed by atoms with Crippen LogP contribution in [0.3, 0.4) is 0 Å². The van der Waals surface area contributed by atoms with Gasteiger partial charge in [0.05, 0.1) is 27.8 Å². The van der Waals surface area contributed by atoms with Gasteiger partial charge in [-0.2, -0.15) is 11.8 Å². The van der Waals surface area contributed by atoms with Crippen LogP contribution in [0.1, 0.15) is 38.6 Å². The smallest absolute Gasteiger partial charge is 0.535 e. The van der Waals surface area contributed by atoms with E-state index in [9.17, 15) is 14.9 Å². The third kappa shape index (κ3) is 6.58. The molecule has 1 aliphatic rings. The van der Waals surface area contributed by atoms with Gasteiger partial charge in [0.2, 0.25) is 0 Å². The Morgan fingerprint density at radius 2 is 1.61 bits per heavy atom. The fourth-order valence-corrected chi connectivity index (χ4v) is 5.48. The number of benzene rings is 1. The zero-order valence-corrected chi connectivity index (χ0v) is 21.5. The number of carbonyl (C=O) groups is 1. The Morgan fingerprint density at radius 1 is 0.921 bits per heavy atom. The van der Waals surface area contributed by atoms with Crippen LogP contribution in [-0.4, -0.2) is 48.2 Å². The molecule has 5 rings (SSSR count). The average Bonchev–Trinajstić information content (AvgIpc) is 2.93. The summed E-state index contributed by atoms with van der Waals surface area (Å²) >= 11 is 1.57. The Bertz CT molecular complexity index is 1320. The van der Waals surface area contributed by atoms with Crippen molar-refractivity contribution in [2.24, 2.45) is 0 Å². The van der Waals surface area contributed by atoms with E-state index in [2.05, 4.69) is 20.9 Å². The van der Waals surface area contributed by atoms with E-state index >= 15 is 0 Å². The molecule has 4 aromatic rings. The van der Waals surface area contributed by atoms with Gasteiger partial charge in [-0.25, -0.2) is 4.79 Å². The molecule has 1 atom stereocenters. The first-order valence-electron chi connectivity index (χ1n) is 12.3. The number of para-hydroxylation sites is 1. The van der Waals surface area contributed by atoms with Crippen molar-refractivity contribution in [3.05, 3.63) is 119 Å². The summed E-state index contributed by atoms with van der Waals surface area (Å²) in [6.45, 7) is 2.01. The molecule has 0 spiro atoms. The molecule has 1 aromatic carbocycles. The molecule has 0 saturated carbocycles. The van der Waals surface area contributed by atoms with Crippen LogP contribution in [0.25, 0.3) is 0 Å². The number of thioether (sulfide) groups is 1. The predicted molar refractivity (Wildman–Crippen MR) is 146 cm³/mol. The van der Waals surface area contributed by atoms with E-state index in [1.807, 2.05) is 54.7 Å². The molecule has 0 radical (unpaired) electrons. The average molecular weight is 526 g/mol. The van der Waals surface area contributed by atoms with Crippen molar-refractivity contribution >= 4 is 24.8 Å². The molecule has 10 heteroatoms. The van der Waals surface area contributed by atoms with Gasteiger partial charge < -0.3 is 14.8 Å². The minimum Gasteiger partial charge on any atom is -0.535 e. The molecule has 0 unspecified atom stereocenters. The van der Waals surface area contributed by atoms with Crippen molar-refractivity contribution in [1.82, 2.24) is 19.9 Å². The zero-order chi connectivity index (χ0) is 26.3. The predicted octanol–water partition coefficient (Wildman–Crippen LogP) is 4.03. The maximum absolute atomic E-state index is 11.5. The fourth-order valence-electron chi connectivity index (χ4n) is 4.38. The zero-order valence-electron chi connectivity index (χ0n) is 20.7. The highest BCUT2D eigenvalue weighted by Gasteiger charge is 2.37. The molecule has 2 N–H and O–H groups in total. The Balaban J connectivity index is 1.21. The molecule has 38 heavy (non-hydrogen) atoms. The van der Waals surface area contributed by atoms with Crippen LogP contribution in [0, 0.1) is 0 Å². The quantitative estimate of drug-likeness (QED) is 0.296. The molecule has 0 saturated heterocycles. The number of carboxylic acids is 1. The maximum atomic E-state index is 11.5. The summed E-state index contributed by atoms with van der Waals surface area (Å²) in [5.74, 6) is -0.154. The molecule has 0 amide bonds. The van der Waals surface area contributed by atoms with Crippen LogP contribution in [0.4, 0.5) is 0 Å². The monoisotopic (exact) mass is 526 g/mol. The lowest BCUT2D eigenvalue weighted by atomic mass is 9.77. The Labute approximate surface area is 225 Å². The van der Waals surface area contributed by atoms with Crippen molar-refractivity contribution in [1.29, 1.82) is 0 Å². The van der Waals surface area contributed by atoms with Gasteiger partial charge in [0.1, 0.15) is 5.75 Å². The molecule has 0 fully saturated rings. The molecule has 0 bridgehead atoms. The van der Waals surface area contributed by atoms with E-state index in [0.29, 0.717) is 31.8 Å². The fraction of sp³-hybridized carbons (Fsp3) is 0.214. The van der Waals surface area contributed by atoms with Gasteiger partial charge in [0.25, 0.3) is 0 Å². The number of hydrogen-bond acceptors (Lipinski definition) is 8. The Kier molecular flexibility index (Phi) is 8.33. The lowest BCUT2D eigenvalue weighted by molar-refractivity contribution is 0.0694. The standard InChI is InChI=1S/C28H27BN4O4S/c34-28(35)25-9-5-6-21-14-26(29(36)37-27(21)25)38-19-20-10-11-24(32-15-20)18-33(16-22-7-1-3-12-30-22)17-23-8-2-4-13-31-23/h1-13,15,26,36H,14,16-19H2,(H,34,35)/t26-/m0/s1. The van der Waals surface area contributed by atoms with Crippen molar-refractivity contribution in [2.45, 2.75) is 37.0 Å². The first kappa shape index (κ1) is 25.9. The lowest BCUT2D eigenvalue weighted by Gasteiger charge is -2.28. The van der Waals surface area contributed by atoms with Crippen LogP contribution in [-0.2, 0) is 31.8 Å². The normalized spacial score (nSPS) is 14.7. The van der Waals surface area contributed by atoms with E-state index in [-0.39, 0.29) is 16.5 Å². The van der Waals surface area contributed by atoms with Gasteiger partial charge >= 0.3 is 13.1 Å². The molecule has 1 aliphatic heterocycles. The number of carboxylic acid groups (broad SMARTS) is 1. The van der Waals surface area contributed by atoms with Crippen LogP contribution in [0.5, 0.6) is 5.75 Å². The molecule has 3 aromatic heterocycles. The number of hydrogen-bond donors (Lipinski definition) is 2. The summed E-state index contributed by atoms with van der Waals surface area (Å²) in [7, 11) is -1.08. The van der Waals surface area contributed by atoms with E-state index in [1.54, 1.807) is 30.2 Å². The molecule has 8 nitrogen and oxygen atoms in total. The van der Waals surface area contributed by atoms with Crippen LogP contribution >= 0.6 is 11.8 Å². The van der Waals surface area contributed by atoms with Crippen molar-refractivity contribution in [2.75, 3.05) is 0 Å². The van der Waals surface area contributed by atoms with E-state index in [1.165, 1.54) is 6.07 Å². The molecular weight excluding hydrogens is 499 g/mol. The number of aromatic nitrogens is 3. The molecular formula is C28H27BN4O4S. The molecule has 0 aliphatic carbocycles. The molecule has 4 heterocycles. The number of aromatic carboxylic acids is 1. The topological polar surface area (TPSA) is 109 Å². The van der Waals surface area contributed by atoms with Gasteiger partial charge in [-0.3, -0.25) is 19.9 Å².